The third-order valence-corrected chi connectivity index (χ3v) is 5.33. The van der Waals surface area contributed by atoms with Gasteiger partial charge in [-0.2, -0.15) is 0 Å². The van der Waals surface area contributed by atoms with Crippen LogP contribution in [0.3, 0.4) is 0 Å². The molecule has 0 heterocycles. The predicted octanol–water partition coefficient (Wildman–Crippen LogP) is 3.89. The lowest BCUT2D eigenvalue weighted by Crippen LogP contribution is -2.17. The van der Waals surface area contributed by atoms with E-state index >= 15 is 0 Å². The summed E-state index contributed by atoms with van der Waals surface area (Å²) < 4.78 is 26.3. The zero-order valence-corrected chi connectivity index (χ0v) is 19.4. The van der Waals surface area contributed by atoms with Crippen LogP contribution in [-0.4, -0.2) is 30.4 Å². The highest BCUT2D eigenvalue weighted by Gasteiger charge is 2.25. The first-order valence-electron chi connectivity index (χ1n) is 8.86. The van der Waals surface area contributed by atoms with Crippen molar-refractivity contribution in [3.63, 3.8) is 0 Å². The maximum atomic E-state index is 12.8. The number of carbonyl (C=O) groups excluding carboxylic acids is 2. The van der Waals surface area contributed by atoms with Crippen molar-refractivity contribution < 1.29 is 42.9 Å². The van der Waals surface area contributed by atoms with Crippen LogP contribution in [-0.2, 0) is 28.3 Å². The number of hydrogen-bond donors (Lipinski definition) is 0. The standard InChI is InChI=1S/C19H18BrNO10P/c1-12(22)27-10-29-19(32(26)30-11-28-13(2)23)17-9-15(21(24)25)5-8-18(17)31-16-6-3-14(20)4-7-16/h3-9,19H,10-11H2,1-2H3/q-1/t19-,32?/m0/s1. The molecule has 0 bridgehead atoms. The first-order valence-corrected chi connectivity index (χ1v) is 10.9. The number of halogens is 1. The number of nitrogens with zero attached hydrogens (tertiary/aromatic N) is 1. The van der Waals surface area contributed by atoms with Crippen molar-refractivity contribution in [1.82, 2.24) is 0 Å². The Morgan fingerprint density at radius 2 is 1.69 bits per heavy atom. The summed E-state index contributed by atoms with van der Waals surface area (Å²) in [5, 5.41) is 11.3. The van der Waals surface area contributed by atoms with Crippen LogP contribution in [0.15, 0.2) is 46.9 Å². The van der Waals surface area contributed by atoms with Gasteiger partial charge >= 0.3 is 11.9 Å². The molecule has 0 aliphatic rings. The summed E-state index contributed by atoms with van der Waals surface area (Å²) in [5.41, 5.74) is -0.328. The second-order valence-electron chi connectivity index (χ2n) is 5.98. The second-order valence-corrected chi connectivity index (χ2v) is 8.19. The van der Waals surface area contributed by atoms with Gasteiger partial charge in [0.25, 0.3) is 5.69 Å². The van der Waals surface area contributed by atoms with E-state index in [1.165, 1.54) is 12.1 Å². The molecule has 0 amide bonds. The van der Waals surface area contributed by atoms with E-state index < -0.39 is 44.7 Å². The summed E-state index contributed by atoms with van der Waals surface area (Å²) in [7, 11) is -2.76. The molecule has 0 aromatic heterocycles. The number of esters is 2. The van der Waals surface area contributed by atoms with Crippen molar-refractivity contribution in [3.8, 4) is 11.5 Å². The Morgan fingerprint density at radius 1 is 1.06 bits per heavy atom. The molecule has 2 aromatic rings. The van der Waals surface area contributed by atoms with Crippen LogP contribution in [0.4, 0.5) is 5.69 Å². The van der Waals surface area contributed by atoms with Gasteiger partial charge in [-0.3, -0.25) is 19.7 Å². The maximum Gasteiger partial charge on any atom is 0.304 e. The normalized spacial score (nSPS) is 12.5. The predicted molar refractivity (Wildman–Crippen MR) is 112 cm³/mol. The first kappa shape index (κ1) is 25.6. The molecule has 0 radical (unpaired) electrons. The van der Waals surface area contributed by atoms with Crippen molar-refractivity contribution in [1.29, 1.82) is 0 Å². The van der Waals surface area contributed by atoms with E-state index in [0.717, 1.165) is 24.4 Å². The average Bonchev–Trinajstić information content (AvgIpc) is 2.72. The van der Waals surface area contributed by atoms with E-state index in [4.69, 9.17) is 18.7 Å². The van der Waals surface area contributed by atoms with E-state index in [9.17, 15) is 24.6 Å². The Kier molecular flexibility index (Phi) is 9.95. The van der Waals surface area contributed by atoms with Crippen LogP contribution in [0.2, 0.25) is 0 Å². The molecule has 32 heavy (non-hydrogen) atoms. The molecule has 11 nitrogen and oxygen atoms in total. The van der Waals surface area contributed by atoms with Crippen molar-refractivity contribution in [3.05, 3.63) is 62.6 Å². The molecule has 2 rings (SSSR count). The minimum absolute atomic E-state index is 0.00166. The Morgan fingerprint density at radius 3 is 2.28 bits per heavy atom. The molecular weight excluding hydrogens is 513 g/mol. The minimum atomic E-state index is -2.76. The third-order valence-electron chi connectivity index (χ3n) is 3.63. The van der Waals surface area contributed by atoms with E-state index in [2.05, 4.69) is 20.7 Å². The number of hydrogen-bond acceptors (Lipinski definition) is 10. The quantitative estimate of drug-likeness (QED) is 0.138. The summed E-state index contributed by atoms with van der Waals surface area (Å²) in [6.07, 6.45) is 0. The monoisotopic (exact) mass is 530 g/mol. The lowest BCUT2D eigenvalue weighted by atomic mass is 10.2. The van der Waals surface area contributed by atoms with Crippen molar-refractivity contribution in [2.24, 2.45) is 0 Å². The Bertz CT molecular complexity index is 956. The highest BCUT2D eigenvalue weighted by Crippen LogP contribution is 2.50. The van der Waals surface area contributed by atoms with Crippen LogP contribution in [0, 0.1) is 10.1 Å². The first-order chi connectivity index (χ1) is 15.2. The highest BCUT2D eigenvalue weighted by atomic mass is 79.9. The van der Waals surface area contributed by atoms with Crippen LogP contribution in [0.1, 0.15) is 25.3 Å². The van der Waals surface area contributed by atoms with Crippen LogP contribution < -0.4 is 9.63 Å². The molecule has 0 saturated heterocycles. The number of rotatable bonds is 11. The molecule has 2 aromatic carbocycles. The molecule has 13 heteroatoms. The fourth-order valence-corrected chi connectivity index (χ4v) is 3.41. The summed E-state index contributed by atoms with van der Waals surface area (Å²) >= 11 is 3.30. The summed E-state index contributed by atoms with van der Waals surface area (Å²) in [6, 6.07) is 10.3. The highest BCUT2D eigenvalue weighted by molar-refractivity contribution is 9.10. The Labute approximate surface area is 192 Å². The van der Waals surface area contributed by atoms with E-state index in [1.807, 2.05) is 0 Å². The number of ether oxygens (including phenoxy) is 4. The van der Waals surface area contributed by atoms with E-state index in [-0.39, 0.29) is 17.0 Å². The third kappa shape index (κ3) is 8.13. The Balaban J connectivity index is 2.40. The topological polar surface area (TPSA) is 146 Å². The van der Waals surface area contributed by atoms with Crippen molar-refractivity contribution >= 4 is 41.9 Å². The number of benzene rings is 2. The fourth-order valence-electron chi connectivity index (χ4n) is 2.24. The van der Waals surface area contributed by atoms with Gasteiger partial charge in [-0.15, -0.1) is 0 Å². The molecular formula is C19H18BrNO10P-. The smallest absolute Gasteiger partial charge is 0.304 e. The zero-order chi connectivity index (χ0) is 23.7. The van der Waals surface area contributed by atoms with Crippen LogP contribution >= 0.6 is 24.3 Å². The maximum absolute atomic E-state index is 12.8. The zero-order valence-electron chi connectivity index (χ0n) is 16.9. The number of nitro benzene ring substituents is 1. The SMILES string of the molecule is CC(=O)OCO[C@H](c1cc([N+](=O)[O-])ccc1Oc1ccc(Br)cc1)P([O-])OCOC(C)=O. The molecule has 0 spiro atoms. The molecule has 2 atom stereocenters. The van der Waals surface area contributed by atoms with Gasteiger partial charge in [0.2, 0.25) is 0 Å². The van der Waals surface area contributed by atoms with Crippen molar-refractivity contribution in [2.45, 2.75) is 19.7 Å². The fraction of sp³-hybridized carbons (Fsp3) is 0.263. The number of nitro groups is 1. The van der Waals surface area contributed by atoms with Gasteiger partial charge in [-0.05, 0) is 38.7 Å². The lowest BCUT2D eigenvalue weighted by molar-refractivity contribution is -0.385. The summed E-state index contributed by atoms with van der Waals surface area (Å²) in [5.74, 6) is -2.31. The molecule has 0 fully saturated rings. The number of non-ortho nitro benzene ring substituents is 1. The summed E-state index contributed by atoms with van der Waals surface area (Å²) in [4.78, 5) is 45.4. The van der Waals surface area contributed by atoms with Gasteiger partial charge in [-0.25, -0.2) is 0 Å². The Hall–Kier alpha value is -2.63. The number of carbonyl (C=O) groups is 2. The average molecular weight is 531 g/mol. The van der Waals surface area contributed by atoms with E-state index in [0.29, 0.717) is 5.75 Å². The van der Waals surface area contributed by atoms with Gasteiger partial charge in [0.05, 0.1) is 4.92 Å². The van der Waals surface area contributed by atoms with Crippen molar-refractivity contribution in [2.75, 3.05) is 13.6 Å². The molecule has 0 aliphatic carbocycles. The van der Waals surface area contributed by atoms with Crippen LogP contribution in [0.25, 0.3) is 0 Å². The lowest BCUT2D eigenvalue weighted by Gasteiger charge is -2.32. The molecule has 1 unspecified atom stereocenters. The van der Waals surface area contributed by atoms with Gasteiger partial charge < -0.3 is 28.4 Å². The van der Waals surface area contributed by atoms with Gasteiger partial charge in [0.15, 0.2) is 13.6 Å². The molecule has 0 saturated carbocycles. The summed E-state index contributed by atoms with van der Waals surface area (Å²) in [6.45, 7) is 1.02. The minimum Gasteiger partial charge on any atom is -0.806 e. The molecule has 0 N–H and O–H groups in total. The van der Waals surface area contributed by atoms with Gasteiger partial charge in [0.1, 0.15) is 17.3 Å². The van der Waals surface area contributed by atoms with Gasteiger partial charge in [0, 0.05) is 36.0 Å². The molecule has 172 valence electrons. The van der Waals surface area contributed by atoms with Gasteiger partial charge in [-0.1, -0.05) is 15.9 Å². The van der Waals surface area contributed by atoms with E-state index in [1.54, 1.807) is 24.3 Å². The van der Waals surface area contributed by atoms with Crippen LogP contribution in [0.5, 0.6) is 11.5 Å². The second kappa shape index (κ2) is 12.4. The largest absolute Gasteiger partial charge is 0.806 e. The molecule has 0 aliphatic heterocycles.